The van der Waals surface area contributed by atoms with Crippen LogP contribution in [0.2, 0.25) is 0 Å². The van der Waals surface area contributed by atoms with Gasteiger partial charge in [-0.05, 0) is 31.3 Å². The number of allylic oxidation sites excluding steroid dienone is 2. The number of hydrogen-bond donors (Lipinski definition) is 1. The average molecular weight is 280 g/mol. The van der Waals surface area contributed by atoms with Crippen molar-refractivity contribution in [3.63, 3.8) is 0 Å². The lowest BCUT2D eigenvalue weighted by molar-refractivity contribution is -0.138. The van der Waals surface area contributed by atoms with Crippen molar-refractivity contribution in [2.45, 2.75) is 32.4 Å². The van der Waals surface area contributed by atoms with Gasteiger partial charge in [-0.3, -0.25) is 4.79 Å². The van der Waals surface area contributed by atoms with Gasteiger partial charge in [-0.2, -0.15) is 11.8 Å². The van der Waals surface area contributed by atoms with Crippen molar-refractivity contribution in [2.24, 2.45) is 11.8 Å². The number of hydrogen-bond acceptors (Lipinski definition) is 2. The van der Waals surface area contributed by atoms with Crippen molar-refractivity contribution < 1.29 is 18.7 Å². The van der Waals surface area contributed by atoms with E-state index >= 15 is 0 Å². The largest absolute Gasteiger partial charge is 0.481 e. The standard InChI is InChI=1S/C13H22F2O2S/c1-4-5-6-11(13(2,15)9-14)10(8-18-3)7-12(16)17/h5-6,10-11H,4,7-9H2,1-3H3,(H,16,17). The Bertz CT molecular complexity index is 280. The van der Waals surface area contributed by atoms with Crippen LogP contribution in [0.1, 0.15) is 26.7 Å². The monoisotopic (exact) mass is 280 g/mol. The molecule has 0 saturated carbocycles. The molecule has 18 heavy (non-hydrogen) atoms. The first kappa shape index (κ1) is 17.4. The minimum absolute atomic E-state index is 0.140. The molecule has 5 heteroatoms. The van der Waals surface area contributed by atoms with E-state index in [2.05, 4.69) is 0 Å². The second kappa shape index (κ2) is 8.51. The Hall–Kier alpha value is -0.580. The summed E-state index contributed by atoms with van der Waals surface area (Å²) in [5.41, 5.74) is -2.01. The zero-order valence-electron chi connectivity index (χ0n) is 11.2. The van der Waals surface area contributed by atoms with E-state index < -0.39 is 30.1 Å². The molecule has 3 unspecified atom stereocenters. The van der Waals surface area contributed by atoms with Crippen LogP contribution in [0.3, 0.4) is 0 Å². The van der Waals surface area contributed by atoms with E-state index in [1.807, 2.05) is 13.2 Å². The molecule has 0 aromatic rings. The van der Waals surface area contributed by atoms with Crippen LogP contribution in [0.25, 0.3) is 0 Å². The van der Waals surface area contributed by atoms with Gasteiger partial charge in [0.1, 0.15) is 12.3 Å². The van der Waals surface area contributed by atoms with Gasteiger partial charge in [0.15, 0.2) is 0 Å². The molecule has 0 aliphatic carbocycles. The summed E-state index contributed by atoms with van der Waals surface area (Å²) in [5.74, 6) is -1.57. The number of carboxylic acids is 1. The van der Waals surface area contributed by atoms with Crippen molar-refractivity contribution in [1.82, 2.24) is 0 Å². The highest BCUT2D eigenvalue weighted by Gasteiger charge is 2.38. The second-order valence-corrected chi connectivity index (χ2v) is 5.50. The summed E-state index contributed by atoms with van der Waals surface area (Å²) in [4.78, 5) is 10.8. The number of halogens is 2. The van der Waals surface area contributed by atoms with Crippen LogP contribution in [0.4, 0.5) is 8.78 Å². The summed E-state index contributed by atoms with van der Waals surface area (Å²) >= 11 is 1.45. The predicted molar refractivity (Wildman–Crippen MR) is 72.5 cm³/mol. The van der Waals surface area contributed by atoms with E-state index in [9.17, 15) is 13.6 Å². The second-order valence-electron chi connectivity index (χ2n) is 4.59. The Morgan fingerprint density at radius 3 is 2.56 bits per heavy atom. The molecule has 0 radical (unpaired) electrons. The average Bonchev–Trinajstić information content (AvgIpc) is 2.28. The van der Waals surface area contributed by atoms with E-state index in [1.165, 1.54) is 18.7 Å². The Morgan fingerprint density at radius 2 is 2.17 bits per heavy atom. The predicted octanol–water partition coefficient (Wildman–Crippen LogP) is 3.72. The van der Waals surface area contributed by atoms with Crippen LogP contribution >= 0.6 is 11.8 Å². The van der Waals surface area contributed by atoms with Crippen molar-refractivity contribution in [3.05, 3.63) is 12.2 Å². The molecule has 106 valence electrons. The highest BCUT2D eigenvalue weighted by atomic mass is 32.2. The molecular formula is C13H22F2O2S. The zero-order valence-corrected chi connectivity index (χ0v) is 12.0. The van der Waals surface area contributed by atoms with Crippen LogP contribution < -0.4 is 0 Å². The maximum Gasteiger partial charge on any atom is 0.303 e. The van der Waals surface area contributed by atoms with Crippen molar-refractivity contribution >= 4 is 17.7 Å². The SMILES string of the molecule is CCC=CC(C(CSC)CC(=O)O)C(C)(F)CF. The van der Waals surface area contributed by atoms with Gasteiger partial charge >= 0.3 is 5.97 Å². The van der Waals surface area contributed by atoms with Crippen molar-refractivity contribution in [3.8, 4) is 0 Å². The zero-order chi connectivity index (χ0) is 14.2. The highest BCUT2D eigenvalue weighted by molar-refractivity contribution is 7.98. The van der Waals surface area contributed by atoms with Gasteiger partial charge in [0.05, 0.1) is 0 Å². The Kier molecular flexibility index (Phi) is 8.24. The summed E-state index contributed by atoms with van der Waals surface area (Å²) in [6.45, 7) is 2.00. The van der Waals surface area contributed by atoms with Crippen LogP contribution in [0, 0.1) is 11.8 Å². The molecule has 0 heterocycles. The fourth-order valence-corrected chi connectivity index (χ4v) is 2.70. The molecular weight excluding hydrogens is 258 g/mol. The first-order valence-electron chi connectivity index (χ1n) is 6.01. The summed E-state index contributed by atoms with van der Waals surface area (Å²) in [6, 6.07) is 0. The van der Waals surface area contributed by atoms with E-state index in [0.29, 0.717) is 5.75 Å². The van der Waals surface area contributed by atoms with Gasteiger partial charge in [0.2, 0.25) is 0 Å². The maximum absolute atomic E-state index is 14.2. The quantitative estimate of drug-likeness (QED) is 0.654. The topological polar surface area (TPSA) is 37.3 Å². The molecule has 1 N–H and O–H groups in total. The molecule has 0 bridgehead atoms. The van der Waals surface area contributed by atoms with E-state index in [0.717, 1.165) is 6.42 Å². The lowest BCUT2D eigenvalue weighted by Gasteiger charge is -2.32. The lowest BCUT2D eigenvalue weighted by atomic mass is 9.79. The number of thioether (sulfide) groups is 1. The van der Waals surface area contributed by atoms with Crippen LogP contribution in [-0.2, 0) is 4.79 Å². The molecule has 3 atom stereocenters. The van der Waals surface area contributed by atoms with Crippen molar-refractivity contribution in [2.75, 3.05) is 18.7 Å². The minimum atomic E-state index is -2.01. The molecule has 0 aromatic heterocycles. The van der Waals surface area contributed by atoms with Gasteiger partial charge in [-0.1, -0.05) is 19.1 Å². The Balaban J connectivity index is 5.08. The van der Waals surface area contributed by atoms with E-state index in [1.54, 1.807) is 12.2 Å². The first-order valence-corrected chi connectivity index (χ1v) is 7.40. The molecule has 0 rings (SSSR count). The third-order valence-electron chi connectivity index (χ3n) is 2.86. The maximum atomic E-state index is 14.2. The number of rotatable bonds is 9. The third-order valence-corrected chi connectivity index (χ3v) is 3.62. The molecule has 0 aliphatic heterocycles. The molecule has 0 saturated heterocycles. The minimum Gasteiger partial charge on any atom is -0.481 e. The number of carboxylic acid groups (broad SMARTS) is 1. The van der Waals surface area contributed by atoms with E-state index in [4.69, 9.17) is 5.11 Å². The Morgan fingerprint density at radius 1 is 1.56 bits per heavy atom. The van der Waals surface area contributed by atoms with Crippen molar-refractivity contribution in [1.29, 1.82) is 0 Å². The van der Waals surface area contributed by atoms with Gasteiger partial charge in [0, 0.05) is 12.3 Å². The number of aliphatic carboxylic acids is 1. The van der Waals surface area contributed by atoms with Gasteiger partial charge in [-0.25, -0.2) is 8.78 Å². The van der Waals surface area contributed by atoms with Gasteiger partial charge in [-0.15, -0.1) is 0 Å². The fourth-order valence-electron chi connectivity index (χ4n) is 1.95. The lowest BCUT2D eigenvalue weighted by Crippen LogP contribution is -2.38. The van der Waals surface area contributed by atoms with Crippen LogP contribution in [0.15, 0.2) is 12.2 Å². The van der Waals surface area contributed by atoms with Crippen LogP contribution in [0.5, 0.6) is 0 Å². The summed E-state index contributed by atoms with van der Waals surface area (Å²) in [7, 11) is 0. The molecule has 0 aliphatic rings. The summed E-state index contributed by atoms with van der Waals surface area (Å²) in [5, 5.41) is 8.87. The molecule has 0 amide bonds. The number of carbonyl (C=O) groups is 1. The van der Waals surface area contributed by atoms with Gasteiger partial charge in [0.25, 0.3) is 0 Å². The fraction of sp³-hybridized carbons (Fsp3) is 0.769. The number of alkyl halides is 2. The van der Waals surface area contributed by atoms with Crippen LogP contribution in [-0.4, -0.2) is 35.4 Å². The molecule has 0 spiro atoms. The van der Waals surface area contributed by atoms with E-state index in [-0.39, 0.29) is 6.42 Å². The molecule has 2 nitrogen and oxygen atoms in total. The normalized spacial score (nSPS) is 18.5. The van der Waals surface area contributed by atoms with Gasteiger partial charge < -0.3 is 5.11 Å². The smallest absolute Gasteiger partial charge is 0.303 e. The third kappa shape index (κ3) is 5.85. The summed E-state index contributed by atoms with van der Waals surface area (Å²) < 4.78 is 27.0. The highest BCUT2D eigenvalue weighted by Crippen LogP contribution is 2.34. The first-order chi connectivity index (χ1) is 8.38. The molecule has 0 fully saturated rings. The molecule has 0 aromatic carbocycles. The Labute approximate surface area is 112 Å². The summed E-state index contributed by atoms with van der Waals surface area (Å²) in [6.07, 6.45) is 5.81.